The van der Waals surface area contributed by atoms with Crippen molar-refractivity contribution in [2.24, 2.45) is 0 Å². The van der Waals surface area contributed by atoms with E-state index in [9.17, 15) is 28.5 Å². The van der Waals surface area contributed by atoms with Gasteiger partial charge in [-0.2, -0.15) is 4.73 Å². The Hall–Kier alpha value is -8.46. The zero-order valence-electron chi connectivity index (χ0n) is 54.6. The molecule has 0 fully saturated rings. The minimum atomic E-state index is -3.22. The Morgan fingerprint density at radius 1 is 0.515 bits per heavy atom. The van der Waals surface area contributed by atoms with E-state index in [4.69, 9.17) is 60.3 Å². The number of hydrogen-bond acceptors (Lipinski definition) is 28. The number of nitrogens with two attached hydrogens (primary N) is 4. The van der Waals surface area contributed by atoms with E-state index in [0.29, 0.717) is 21.6 Å². The van der Waals surface area contributed by atoms with Gasteiger partial charge in [0.25, 0.3) is 0 Å². The Morgan fingerprint density at radius 2 is 0.825 bits per heavy atom. The Morgan fingerprint density at radius 3 is 1.14 bits per heavy atom. The third kappa shape index (κ3) is 31.1. The summed E-state index contributed by atoms with van der Waals surface area (Å²) in [5.41, 5.74) is 28.6. The Labute approximate surface area is 601 Å². The normalized spacial score (nSPS) is 10.3. The third-order valence-electron chi connectivity index (χ3n) is 11.8. The molecule has 3 aromatic carbocycles. The Bertz CT molecular complexity index is 3970. The first kappa shape index (κ1) is 90.6. The fraction of sp³-hybridized carbons (Fsp3) is 0.283. The molecule has 0 aliphatic rings. The number of anilines is 4. The van der Waals surface area contributed by atoms with E-state index in [1.807, 2.05) is 48.5 Å². The van der Waals surface area contributed by atoms with Gasteiger partial charge >= 0.3 is 71.7 Å². The summed E-state index contributed by atoms with van der Waals surface area (Å²) >= 11 is 19.3. The van der Waals surface area contributed by atoms with Gasteiger partial charge in [0.1, 0.15) is 5.15 Å². The van der Waals surface area contributed by atoms with Gasteiger partial charge in [-0.1, -0.05) is 154 Å². The van der Waals surface area contributed by atoms with Gasteiger partial charge in [-0.3, -0.25) is 9.97 Å². The number of carboxylic acid groups (broad SMARTS) is 1. The molecule has 37 heteroatoms. The number of methoxy groups -OCH3 is 4. The Balaban J connectivity index is 0. The number of esters is 4. The Kier molecular flexibility index (Phi) is 38.9. The molecule has 0 amide bonds. The fourth-order valence-electron chi connectivity index (χ4n) is 6.84. The predicted octanol–water partition coefficient (Wildman–Crippen LogP) is 6.20. The van der Waals surface area contributed by atoms with Crippen molar-refractivity contribution in [3.63, 3.8) is 0 Å². The van der Waals surface area contributed by atoms with Gasteiger partial charge in [0.2, 0.25) is 0 Å². The minimum Gasteiger partial charge on any atom is -0.870 e. The number of aromatic nitrogens is 10. The van der Waals surface area contributed by atoms with Crippen molar-refractivity contribution in [1.29, 1.82) is 5.41 Å². The molecule has 8 rings (SSSR count). The molecule has 97 heavy (non-hydrogen) atoms. The quantitative estimate of drug-likeness (QED) is 0.0269. The second-order valence-corrected chi connectivity index (χ2v) is 28.8. The van der Waals surface area contributed by atoms with Crippen LogP contribution in [0.15, 0.2) is 116 Å². The smallest absolute Gasteiger partial charge is 0.870 e. The van der Waals surface area contributed by atoms with E-state index in [1.165, 1.54) is 82.3 Å². The van der Waals surface area contributed by atoms with Crippen LogP contribution < -0.4 is 63.4 Å². The molecule has 0 bridgehead atoms. The number of nitrogens with one attached hydrogen (secondary N) is 1. The van der Waals surface area contributed by atoms with Gasteiger partial charge in [0.15, 0.2) is 57.2 Å². The van der Waals surface area contributed by atoms with E-state index in [1.54, 1.807) is 12.1 Å². The molecule has 8 aromatic rings. The zero-order valence-corrected chi connectivity index (χ0v) is 60.5. The first-order chi connectivity index (χ1) is 43.6. The van der Waals surface area contributed by atoms with Crippen LogP contribution in [-0.4, -0.2) is 141 Å². The molecule has 14 N–H and O–H groups in total. The molecule has 0 radical (unpaired) electrons. The van der Waals surface area contributed by atoms with Crippen molar-refractivity contribution in [3.8, 4) is 22.5 Å². The van der Waals surface area contributed by atoms with E-state index in [0.717, 1.165) is 17.3 Å². The molecule has 0 spiro atoms. The number of ether oxygens (including phenoxy) is 4. The van der Waals surface area contributed by atoms with Crippen LogP contribution in [0.2, 0.25) is 5.15 Å². The average Bonchev–Trinajstić information content (AvgIpc) is 0.848. The van der Waals surface area contributed by atoms with Crippen LogP contribution in [0.3, 0.4) is 0 Å². The molecule has 0 saturated heterocycles. The number of hydrogen-bond donors (Lipinski definition) is 9. The number of nitrogens with zero attached hydrogens (tertiary/aromatic N) is 10. The van der Waals surface area contributed by atoms with Gasteiger partial charge in [0.05, 0.1) is 64.6 Å². The number of halogens is 4. The zero-order chi connectivity index (χ0) is 71.6. The first-order valence-electron chi connectivity index (χ1n) is 26.9. The number of benzene rings is 3. The number of rotatable bonds is 8. The molecule has 0 saturated carbocycles. The number of carbonyl (C=O) groups is 5. The van der Waals surface area contributed by atoms with Gasteiger partial charge < -0.3 is 67.7 Å². The summed E-state index contributed by atoms with van der Waals surface area (Å²) < 4.78 is 27.7. The van der Waals surface area contributed by atoms with Gasteiger partial charge in [-0.25, -0.2) is 68.8 Å². The maximum Gasteiger partial charge on any atom is 1.00 e. The van der Waals surface area contributed by atoms with Crippen LogP contribution in [0.1, 0.15) is 139 Å². The number of aromatic carboxylic acids is 1. The molecular weight excluding hydrogens is 1380 g/mol. The van der Waals surface area contributed by atoms with Crippen molar-refractivity contribution in [2.75, 3.05) is 51.4 Å². The van der Waals surface area contributed by atoms with Gasteiger partial charge in [-0.05, 0) is 72.1 Å². The average molecular weight is 1450 g/mol. The molecule has 0 unspecified atom stereocenters. The SMILES string of the molecule is C.CC(C)(C)c1ccc(-c2cnc(C(=O)O)c(N)n2)cc1.CC(C)(C)c1ccc(B(O)O)cc1.COC(=O)c1ncc(-c2ccc(C(C)(C)C)cc2)nc1N.COC(=O)c1ncc(Cl)nc1N.COC(=O)c1nccn(O)c1=N.COC(=O)c1nccnc1N.O=P(Cl)(Cl)Cl.[Na+].[OH-]. The summed E-state index contributed by atoms with van der Waals surface area (Å²) in [5.74, 6) is -3.67. The van der Waals surface area contributed by atoms with Crippen LogP contribution in [0.25, 0.3) is 22.5 Å². The standard InChI is InChI=1S/C16H19N3O2.C15H17N3O2.C10H15BO2.C6H6ClN3O2.C6H7N3O3.C6H7N3O2.CH4.Cl3OP.Na.H2O/c1-16(2,3)11-7-5-10(6-8-11)12-9-18-13(14(17)19-12)15(20)21-4;1-15(2,3)10-6-4-9(5-7-10)11-8-17-12(14(19)20)13(16)18-11;1-10(2,3)8-4-6-9(7-5-8)11(12)13;1-12-6(11)4-5(8)10-3(7)2-9-4;1-12-6(10)4-5(7)9(11)3-2-8-4;1-11-6(10)4-5(7)9-3-2-8-4;;1-5(2,3)4;;/h5-9H,1-4H3,(H2,17,19);4-8H,1-3H3,(H2,16,18)(H,19,20);4-7,12-13H,1-3H3;2H,1H3,(H2,8,10);2-3,7,11H,1H3;2-3H,1H3,(H2,7,9);1H4;;;1H2/q;;;;;;;;+1;/p-1. The molecule has 5 heterocycles. The summed E-state index contributed by atoms with van der Waals surface area (Å²) in [6.07, 6.45) is 9.30. The van der Waals surface area contributed by atoms with Crippen LogP contribution in [-0.2, 0) is 39.8 Å². The van der Waals surface area contributed by atoms with Crippen molar-refractivity contribution in [1.82, 2.24) is 49.6 Å². The first-order valence-corrected chi connectivity index (χ1v) is 31.7. The van der Waals surface area contributed by atoms with Gasteiger partial charge in [-0.15, -0.1) is 0 Å². The minimum absolute atomic E-state index is 0. The van der Waals surface area contributed by atoms with E-state index >= 15 is 0 Å². The third-order valence-corrected chi connectivity index (χ3v) is 12.0. The van der Waals surface area contributed by atoms with Gasteiger partial charge in [0, 0.05) is 29.7 Å². The number of carbonyl (C=O) groups excluding carboxylic acids is 4. The largest absolute Gasteiger partial charge is 1.00 e. The summed E-state index contributed by atoms with van der Waals surface area (Å²) in [6, 6.07) is 23.3. The second-order valence-electron chi connectivity index (χ2n) is 21.7. The fourth-order valence-corrected chi connectivity index (χ4v) is 6.98. The molecule has 30 nitrogen and oxygen atoms in total. The van der Waals surface area contributed by atoms with Crippen LogP contribution in [0, 0.1) is 5.41 Å². The molecule has 0 aliphatic heterocycles. The summed E-state index contributed by atoms with van der Waals surface area (Å²) in [5, 5.41) is 39.6. The molecular formula is C60H76BCl4N15NaO15P. The predicted molar refractivity (Wildman–Crippen MR) is 365 cm³/mol. The maximum atomic E-state index is 11.4. The van der Waals surface area contributed by atoms with Crippen LogP contribution in [0.4, 0.5) is 23.3 Å². The second kappa shape index (κ2) is 41.6. The van der Waals surface area contributed by atoms with Crippen molar-refractivity contribution >= 4 is 116 Å². The van der Waals surface area contributed by atoms with Crippen molar-refractivity contribution < 1.29 is 103 Å². The summed E-state index contributed by atoms with van der Waals surface area (Å²) in [7, 11) is 3.59. The molecule has 5 aromatic heterocycles. The molecule has 0 atom stereocenters. The van der Waals surface area contributed by atoms with E-state index < -0.39 is 47.7 Å². The topological polar surface area (TPSA) is 499 Å². The monoisotopic (exact) mass is 1450 g/mol. The molecule has 0 aliphatic carbocycles. The summed E-state index contributed by atoms with van der Waals surface area (Å²) in [6.45, 7) is 19.3. The summed E-state index contributed by atoms with van der Waals surface area (Å²) in [4.78, 5) is 89.2. The number of nitrogen functional groups attached to an aromatic ring is 4. The van der Waals surface area contributed by atoms with Crippen molar-refractivity contribution in [2.45, 2.75) is 86.0 Å². The van der Waals surface area contributed by atoms with Crippen LogP contribution >= 0.6 is 50.5 Å². The molecule has 518 valence electrons. The van der Waals surface area contributed by atoms with Crippen LogP contribution in [0.5, 0.6) is 0 Å². The number of carboxylic acids is 1. The van der Waals surface area contributed by atoms with E-state index in [-0.39, 0.29) is 116 Å². The maximum absolute atomic E-state index is 11.4. The van der Waals surface area contributed by atoms with Crippen molar-refractivity contribution in [3.05, 3.63) is 172 Å². The van der Waals surface area contributed by atoms with E-state index in [2.05, 4.69) is 172 Å².